The molecule has 1 aliphatic carbocycles. The van der Waals surface area contributed by atoms with E-state index >= 15 is 0 Å². The quantitative estimate of drug-likeness (QED) is 0.437. The van der Waals surface area contributed by atoms with E-state index in [1.54, 1.807) is 21.9 Å². The number of halogens is 1. The Bertz CT molecular complexity index is 1280. The monoisotopic (exact) mass is 455 g/mol. The van der Waals surface area contributed by atoms with Crippen LogP contribution >= 0.6 is 0 Å². The first-order valence-corrected chi connectivity index (χ1v) is 11.9. The highest BCUT2D eigenvalue weighted by molar-refractivity contribution is 6.09. The highest BCUT2D eigenvalue weighted by Gasteiger charge is 2.40. The van der Waals surface area contributed by atoms with Gasteiger partial charge in [0.05, 0.1) is 5.69 Å². The number of anilines is 2. The second-order valence-corrected chi connectivity index (χ2v) is 9.27. The van der Waals surface area contributed by atoms with Gasteiger partial charge < -0.3 is 14.7 Å². The number of nitrogens with zero attached hydrogens (tertiary/aromatic N) is 3. The van der Waals surface area contributed by atoms with Crippen LogP contribution in [0, 0.1) is 11.7 Å². The summed E-state index contributed by atoms with van der Waals surface area (Å²) in [6.07, 6.45) is 1.40. The van der Waals surface area contributed by atoms with Crippen LogP contribution in [0.3, 0.4) is 0 Å². The molecule has 6 rings (SSSR count). The van der Waals surface area contributed by atoms with Gasteiger partial charge in [-0.3, -0.25) is 9.59 Å². The molecular formula is C28H26FN3O2. The molecule has 2 fully saturated rings. The van der Waals surface area contributed by atoms with Gasteiger partial charge in [-0.1, -0.05) is 42.5 Å². The Morgan fingerprint density at radius 2 is 1.56 bits per heavy atom. The molecular weight excluding hydrogens is 429 g/mol. The van der Waals surface area contributed by atoms with Crippen LogP contribution in [0.15, 0.2) is 66.7 Å². The molecule has 5 nitrogen and oxygen atoms in total. The minimum atomic E-state index is -0.634. The standard InChI is InChI=1S/C28H26FN3O2/c29-25-7-3-4-8-26(25)30-13-15-31(16-14-30)27(33)24-11-12-32(28(24)34)21-9-10-23-20(18-21)17-19-5-1-2-6-22(19)23/h1-10,18,24H,11-17H2. The minimum absolute atomic E-state index is 0.103. The van der Waals surface area contributed by atoms with Crippen LogP contribution in [0.25, 0.3) is 11.1 Å². The maximum absolute atomic E-state index is 14.1. The summed E-state index contributed by atoms with van der Waals surface area (Å²) < 4.78 is 14.1. The van der Waals surface area contributed by atoms with Crippen molar-refractivity contribution < 1.29 is 14.0 Å². The number of hydrogen-bond acceptors (Lipinski definition) is 3. The highest BCUT2D eigenvalue weighted by Crippen LogP contribution is 2.39. The van der Waals surface area contributed by atoms with Gasteiger partial charge in [-0.05, 0) is 59.4 Å². The summed E-state index contributed by atoms with van der Waals surface area (Å²) in [6, 6.07) is 21.3. The van der Waals surface area contributed by atoms with Crippen molar-refractivity contribution in [2.45, 2.75) is 12.8 Å². The van der Waals surface area contributed by atoms with Crippen molar-refractivity contribution >= 4 is 23.2 Å². The van der Waals surface area contributed by atoms with E-state index < -0.39 is 5.92 Å². The van der Waals surface area contributed by atoms with Gasteiger partial charge in [0.1, 0.15) is 11.7 Å². The molecule has 3 aromatic rings. The van der Waals surface area contributed by atoms with Gasteiger partial charge in [0, 0.05) is 38.4 Å². The molecule has 0 aromatic heterocycles. The zero-order chi connectivity index (χ0) is 23.2. The molecule has 2 amide bonds. The lowest BCUT2D eigenvalue weighted by atomic mass is 10.0. The van der Waals surface area contributed by atoms with E-state index in [1.807, 2.05) is 17.0 Å². The summed E-state index contributed by atoms with van der Waals surface area (Å²) in [5, 5.41) is 0. The van der Waals surface area contributed by atoms with Crippen LogP contribution in [0.4, 0.5) is 15.8 Å². The van der Waals surface area contributed by atoms with Crippen molar-refractivity contribution in [3.63, 3.8) is 0 Å². The summed E-state index contributed by atoms with van der Waals surface area (Å²) in [6.45, 7) is 2.66. The Kier molecular flexibility index (Phi) is 5.09. The topological polar surface area (TPSA) is 43.9 Å². The lowest BCUT2D eigenvalue weighted by molar-refractivity contribution is -0.140. The Balaban J connectivity index is 1.13. The number of carbonyl (C=O) groups excluding carboxylic acids is 2. The fourth-order valence-electron chi connectivity index (χ4n) is 5.56. The molecule has 34 heavy (non-hydrogen) atoms. The normalized spacial score (nSPS) is 19.4. The molecule has 172 valence electrons. The minimum Gasteiger partial charge on any atom is -0.366 e. The third-order valence-electron chi connectivity index (χ3n) is 7.38. The zero-order valence-corrected chi connectivity index (χ0v) is 18.9. The van der Waals surface area contributed by atoms with E-state index in [9.17, 15) is 14.0 Å². The first-order chi connectivity index (χ1) is 16.6. The molecule has 3 aromatic carbocycles. The number of amides is 2. The average Bonchev–Trinajstić information content (AvgIpc) is 3.44. The number of para-hydroxylation sites is 1. The van der Waals surface area contributed by atoms with Gasteiger partial charge in [-0.25, -0.2) is 4.39 Å². The van der Waals surface area contributed by atoms with Crippen LogP contribution in [0.2, 0.25) is 0 Å². The lowest BCUT2D eigenvalue weighted by Gasteiger charge is -2.37. The molecule has 0 radical (unpaired) electrons. The summed E-state index contributed by atoms with van der Waals surface area (Å²) in [5.74, 6) is -1.10. The summed E-state index contributed by atoms with van der Waals surface area (Å²) in [7, 11) is 0. The van der Waals surface area contributed by atoms with E-state index in [1.165, 1.54) is 28.3 Å². The number of benzene rings is 3. The molecule has 0 saturated carbocycles. The summed E-state index contributed by atoms with van der Waals surface area (Å²) >= 11 is 0. The van der Waals surface area contributed by atoms with Crippen molar-refractivity contribution in [2.24, 2.45) is 5.92 Å². The predicted octanol–water partition coefficient (Wildman–Crippen LogP) is 4.10. The fraction of sp³-hybridized carbons (Fsp3) is 0.286. The highest BCUT2D eigenvalue weighted by atomic mass is 19.1. The van der Waals surface area contributed by atoms with Crippen LogP contribution in [-0.4, -0.2) is 49.4 Å². The van der Waals surface area contributed by atoms with Crippen LogP contribution in [0.5, 0.6) is 0 Å². The van der Waals surface area contributed by atoms with E-state index in [-0.39, 0.29) is 17.6 Å². The second-order valence-electron chi connectivity index (χ2n) is 9.27. The Morgan fingerprint density at radius 1 is 0.824 bits per heavy atom. The zero-order valence-electron chi connectivity index (χ0n) is 18.9. The Hall–Kier alpha value is -3.67. The van der Waals surface area contributed by atoms with Gasteiger partial charge in [0.15, 0.2) is 0 Å². The summed E-state index contributed by atoms with van der Waals surface area (Å²) in [5.41, 5.74) is 6.47. The summed E-state index contributed by atoms with van der Waals surface area (Å²) in [4.78, 5) is 32.0. The van der Waals surface area contributed by atoms with E-state index in [2.05, 4.69) is 36.4 Å². The molecule has 1 unspecified atom stereocenters. The number of fused-ring (bicyclic) bond motifs is 3. The van der Waals surface area contributed by atoms with Gasteiger partial charge >= 0.3 is 0 Å². The third-order valence-corrected chi connectivity index (χ3v) is 7.38. The van der Waals surface area contributed by atoms with Crippen molar-refractivity contribution in [3.05, 3.63) is 83.7 Å². The molecule has 0 spiro atoms. The SMILES string of the molecule is O=C(C1CCN(c2ccc3c(c2)Cc2ccccc2-3)C1=O)N1CCN(c2ccccc2F)CC1. The predicted molar refractivity (Wildman–Crippen MR) is 130 cm³/mol. The first kappa shape index (κ1) is 20.9. The smallest absolute Gasteiger partial charge is 0.239 e. The molecule has 2 saturated heterocycles. The molecule has 2 aliphatic heterocycles. The van der Waals surface area contributed by atoms with Crippen LogP contribution < -0.4 is 9.80 Å². The molecule has 0 bridgehead atoms. The maximum Gasteiger partial charge on any atom is 0.239 e. The Morgan fingerprint density at radius 3 is 2.38 bits per heavy atom. The van der Waals surface area contributed by atoms with E-state index in [0.717, 1.165) is 12.1 Å². The van der Waals surface area contributed by atoms with Gasteiger partial charge in [0.25, 0.3) is 0 Å². The van der Waals surface area contributed by atoms with E-state index in [4.69, 9.17) is 0 Å². The van der Waals surface area contributed by atoms with Crippen molar-refractivity contribution in [3.8, 4) is 11.1 Å². The maximum atomic E-state index is 14.1. The largest absolute Gasteiger partial charge is 0.366 e. The second kappa shape index (κ2) is 8.28. The number of carbonyl (C=O) groups is 2. The molecule has 1 atom stereocenters. The number of rotatable bonds is 3. The molecule has 6 heteroatoms. The average molecular weight is 456 g/mol. The molecule has 0 N–H and O–H groups in total. The van der Waals surface area contributed by atoms with Crippen molar-refractivity contribution in [1.82, 2.24) is 4.90 Å². The fourth-order valence-corrected chi connectivity index (χ4v) is 5.56. The van der Waals surface area contributed by atoms with Crippen molar-refractivity contribution in [1.29, 1.82) is 0 Å². The molecule has 2 heterocycles. The number of hydrogen-bond donors (Lipinski definition) is 0. The Labute approximate surface area is 198 Å². The van der Waals surface area contributed by atoms with Crippen molar-refractivity contribution in [2.75, 3.05) is 42.5 Å². The van der Waals surface area contributed by atoms with Crippen LogP contribution in [-0.2, 0) is 16.0 Å². The van der Waals surface area contributed by atoms with Crippen LogP contribution in [0.1, 0.15) is 17.5 Å². The molecule has 3 aliphatic rings. The van der Waals surface area contributed by atoms with Gasteiger partial charge in [0.2, 0.25) is 11.8 Å². The van der Waals surface area contributed by atoms with Gasteiger partial charge in [-0.2, -0.15) is 0 Å². The first-order valence-electron chi connectivity index (χ1n) is 11.9. The third kappa shape index (κ3) is 3.45. The lowest BCUT2D eigenvalue weighted by Crippen LogP contribution is -2.51. The van der Waals surface area contributed by atoms with E-state index in [0.29, 0.717) is 44.8 Å². The number of piperazine rings is 1. The van der Waals surface area contributed by atoms with Gasteiger partial charge in [-0.15, -0.1) is 0 Å².